The number of nitrogens with zero attached hydrogens (tertiary/aromatic N) is 1. The van der Waals surface area contributed by atoms with E-state index < -0.39 is 0 Å². The van der Waals surface area contributed by atoms with Crippen LogP contribution in [-0.2, 0) is 6.54 Å². The van der Waals surface area contributed by atoms with Gasteiger partial charge in [-0.25, -0.2) is 0 Å². The molecular weight excluding hydrogens is 240 g/mol. The maximum atomic E-state index is 6.19. The Morgan fingerprint density at radius 3 is 3.06 bits per heavy atom. The van der Waals surface area contributed by atoms with E-state index in [4.69, 9.17) is 11.6 Å². The summed E-state index contributed by atoms with van der Waals surface area (Å²) in [4.78, 5) is 2.66. The van der Waals surface area contributed by atoms with Gasteiger partial charge in [0.2, 0.25) is 0 Å². The van der Waals surface area contributed by atoms with Gasteiger partial charge in [0.25, 0.3) is 0 Å². The third-order valence-electron chi connectivity index (χ3n) is 3.85. The molecule has 4 heteroatoms. The average Bonchev–Trinajstić information content (AvgIpc) is 2.73. The van der Waals surface area contributed by atoms with E-state index in [-0.39, 0.29) is 0 Å². The largest absolute Gasteiger partial charge is 0.315 e. The zero-order chi connectivity index (χ0) is 11.0. The lowest BCUT2D eigenvalue weighted by molar-refractivity contribution is 0.194. The Balaban J connectivity index is 1.76. The first-order chi connectivity index (χ1) is 7.84. The molecule has 0 spiro atoms. The van der Waals surface area contributed by atoms with E-state index in [1.165, 1.54) is 31.4 Å². The molecule has 0 aliphatic carbocycles. The van der Waals surface area contributed by atoms with Crippen LogP contribution in [0, 0.1) is 0 Å². The van der Waals surface area contributed by atoms with Crippen molar-refractivity contribution in [1.29, 1.82) is 0 Å². The van der Waals surface area contributed by atoms with Crippen molar-refractivity contribution < 1.29 is 0 Å². The lowest BCUT2D eigenvalue weighted by Gasteiger charge is -2.27. The monoisotopic (exact) mass is 256 g/mol. The Morgan fingerprint density at radius 2 is 2.25 bits per heavy atom. The predicted molar refractivity (Wildman–Crippen MR) is 69.2 cm³/mol. The highest BCUT2D eigenvalue weighted by molar-refractivity contribution is 7.14. The molecule has 0 radical (unpaired) electrons. The quantitative estimate of drug-likeness (QED) is 0.875. The van der Waals surface area contributed by atoms with Crippen LogP contribution >= 0.6 is 22.9 Å². The van der Waals surface area contributed by atoms with E-state index in [0.717, 1.165) is 29.5 Å². The molecule has 3 heterocycles. The standard InChI is InChI=1S/C12H17ClN2S/c13-12-9(4-6-16-12)8-15-10-1-2-11(15)7-14-5-3-10/h4,6,10-11,14H,1-3,5,7-8H2. The van der Waals surface area contributed by atoms with Gasteiger partial charge in [0.1, 0.15) is 0 Å². The van der Waals surface area contributed by atoms with E-state index in [9.17, 15) is 0 Å². The summed E-state index contributed by atoms with van der Waals surface area (Å²) in [7, 11) is 0. The second-order valence-electron chi connectivity index (χ2n) is 4.77. The Bertz CT molecular complexity index is 352. The van der Waals surface area contributed by atoms with Gasteiger partial charge >= 0.3 is 0 Å². The zero-order valence-corrected chi connectivity index (χ0v) is 10.9. The zero-order valence-electron chi connectivity index (χ0n) is 9.29. The van der Waals surface area contributed by atoms with Crippen molar-refractivity contribution in [2.75, 3.05) is 13.1 Å². The number of halogens is 1. The molecule has 2 saturated heterocycles. The van der Waals surface area contributed by atoms with Gasteiger partial charge in [-0.1, -0.05) is 11.6 Å². The molecule has 1 aromatic heterocycles. The highest BCUT2D eigenvalue weighted by Crippen LogP contribution is 2.32. The van der Waals surface area contributed by atoms with E-state index >= 15 is 0 Å². The third-order valence-corrected chi connectivity index (χ3v) is 5.10. The average molecular weight is 257 g/mol. The van der Waals surface area contributed by atoms with Crippen LogP contribution in [0.3, 0.4) is 0 Å². The Hall–Kier alpha value is -0.0900. The number of fused-ring (bicyclic) bond motifs is 2. The summed E-state index contributed by atoms with van der Waals surface area (Å²) in [6, 6.07) is 3.67. The highest BCUT2D eigenvalue weighted by Gasteiger charge is 2.34. The molecule has 0 aromatic carbocycles. The fourth-order valence-corrected chi connectivity index (χ4v) is 3.88. The first kappa shape index (κ1) is 11.0. The van der Waals surface area contributed by atoms with Crippen molar-refractivity contribution in [2.45, 2.75) is 37.9 Å². The molecule has 88 valence electrons. The van der Waals surface area contributed by atoms with Crippen LogP contribution in [0.15, 0.2) is 11.4 Å². The van der Waals surface area contributed by atoms with Gasteiger partial charge in [0.05, 0.1) is 4.34 Å². The summed E-state index contributed by atoms with van der Waals surface area (Å²) in [6.45, 7) is 3.37. The minimum atomic E-state index is 0.725. The molecule has 1 N–H and O–H groups in total. The molecule has 0 saturated carbocycles. The molecule has 2 fully saturated rings. The van der Waals surface area contributed by atoms with Gasteiger partial charge in [-0.3, -0.25) is 4.90 Å². The molecule has 2 nitrogen and oxygen atoms in total. The number of rotatable bonds is 2. The molecule has 0 amide bonds. The van der Waals surface area contributed by atoms with Crippen molar-refractivity contribution in [1.82, 2.24) is 10.2 Å². The van der Waals surface area contributed by atoms with Crippen molar-refractivity contribution >= 4 is 22.9 Å². The third kappa shape index (κ3) is 2.02. The normalized spacial score (nSPS) is 30.6. The minimum absolute atomic E-state index is 0.725. The summed E-state index contributed by atoms with van der Waals surface area (Å²) < 4.78 is 0.969. The predicted octanol–water partition coefficient (Wildman–Crippen LogP) is 2.73. The van der Waals surface area contributed by atoms with Crippen LogP contribution in [0.25, 0.3) is 0 Å². The van der Waals surface area contributed by atoms with Gasteiger partial charge in [-0.2, -0.15) is 0 Å². The Labute approximate surface area is 106 Å². The molecule has 2 atom stereocenters. The van der Waals surface area contributed by atoms with Gasteiger partial charge in [-0.15, -0.1) is 11.3 Å². The summed E-state index contributed by atoms with van der Waals surface area (Å²) in [6.07, 6.45) is 4.01. The van der Waals surface area contributed by atoms with E-state index in [1.54, 1.807) is 11.3 Å². The summed E-state index contributed by atoms with van der Waals surface area (Å²) in [5.74, 6) is 0. The Kier molecular flexibility index (Phi) is 3.20. The molecule has 2 unspecified atom stereocenters. The molecule has 16 heavy (non-hydrogen) atoms. The molecule has 1 aromatic rings. The van der Waals surface area contributed by atoms with E-state index in [2.05, 4.69) is 21.7 Å². The van der Waals surface area contributed by atoms with Gasteiger partial charge in [0.15, 0.2) is 0 Å². The van der Waals surface area contributed by atoms with Crippen molar-refractivity contribution in [3.8, 4) is 0 Å². The second-order valence-corrected chi connectivity index (χ2v) is 6.29. The SMILES string of the molecule is Clc1sccc1CN1C2CCNCC1CC2. The molecule has 3 rings (SSSR count). The van der Waals surface area contributed by atoms with Crippen LogP contribution in [-0.4, -0.2) is 30.1 Å². The maximum Gasteiger partial charge on any atom is 0.0973 e. The number of hydrogen-bond acceptors (Lipinski definition) is 3. The van der Waals surface area contributed by atoms with E-state index in [1.807, 2.05) is 0 Å². The molecule has 2 bridgehead atoms. The summed E-state index contributed by atoms with van der Waals surface area (Å²) >= 11 is 7.84. The smallest absolute Gasteiger partial charge is 0.0973 e. The fourth-order valence-electron chi connectivity index (χ4n) is 2.97. The first-order valence-corrected chi connectivity index (χ1v) is 7.28. The number of hydrogen-bond donors (Lipinski definition) is 1. The second kappa shape index (κ2) is 4.65. The van der Waals surface area contributed by atoms with Crippen molar-refractivity contribution in [2.24, 2.45) is 0 Å². The molecule has 2 aliphatic rings. The lowest BCUT2D eigenvalue weighted by Crippen LogP contribution is -2.37. The van der Waals surface area contributed by atoms with E-state index in [0.29, 0.717) is 0 Å². The first-order valence-electron chi connectivity index (χ1n) is 6.03. The van der Waals surface area contributed by atoms with Gasteiger partial charge < -0.3 is 5.32 Å². The number of thiophene rings is 1. The van der Waals surface area contributed by atoms with Crippen molar-refractivity contribution in [3.63, 3.8) is 0 Å². The van der Waals surface area contributed by atoms with Crippen LogP contribution in [0.2, 0.25) is 4.34 Å². The topological polar surface area (TPSA) is 15.3 Å². The van der Waals surface area contributed by atoms with Gasteiger partial charge in [-0.05, 0) is 42.8 Å². The maximum absolute atomic E-state index is 6.19. The highest BCUT2D eigenvalue weighted by atomic mass is 35.5. The van der Waals surface area contributed by atoms with Crippen LogP contribution < -0.4 is 5.32 Å². The summed E-state index contributed by atoms with van der Waals surface area (Å²) in [5, 5.41) is 5.62. The van der Waals surface area contributed by atoms with Crippen LogP contribution in [0.5, 0.6) is 0 Å². The molecule has 2 aliphatic heterocycles. The van der Waals surface area contributed by atoms with Crippen molar-refractivity contribution in [3.05, 3.63) is 21.3 Å². The van der Waals surface area contributed by atoms with Crippen LogP contribution in [0.4, 0.5) is 0 Å². The number of nitrogens with one attached hydrogen (secondary N) is 1. The van der Waals surface area contributed by atoms with Gasteiger partial charge in [0, 0.05) is 25.2 Å². The van der Waals surface area contributed by atoms with Crippen LogP contribution in [0.1, 0.15) is 24.8 Å². The Morgan fingerprint density at radius 1 is 1.38 bits per heavy atom. The summed E-state index contributed by atoms with van der Waals surface area (Å²) in [5.41, 5.74) is 1.31. The fraction of sp³-hybridized carbons (Fsp3) is 0.667. The minimum Gasteiger partial charge on any atom is -0.315 e. The lowest BCUT2D eigenvalue weighted by atomic mass is 10.1. The molecular formula is C12H17ClN2S.